The van der Waals surface area contributed by atoms with Gasteiger partial charge >= 0.3 is 12.1 Å². The topological polar surface area (TPSA) is 41.3 Å². The van der Waals surface area contributed by atoms with Crippen LogP contribution in [0, 0.1) is 0 Å². The molecular weight excluding hydrogens is 259 g/mol. The molecule has 0 radical (unpaired) electrons. The van der Waals surface area contributed by atoms with Gasteiger partial charge in [-0.3, -0.25) is 0 Å². The molecule has 1 N–H and O–H groups in total. The highest BCUT2D eigenvalue weighted by Crippen LogP contribution is 2.32. The molecule has 1 saturated heterocycles. The molecule has 0 aliphatic carbocycles. The lowest BCUT2D eigenvalue weighted by Gasteiger charge is -2.29. The van der Waals surface area contributed by atoms with Crippen LogP contribution in [0.2, 0.25) is 0 Å². The van der Waals surface area contributed by atoms with E-state index in [4.69, 9.17) is 4.42 Å². The number of rotatable bonds is 1. The summed E-state index contributed by atoms with van der Waals surface area (Å²) in [6.07, 6.45) is -4.55. The van der Waals surface area contributed by atoms with Crippen LogP contribution in [0.1, 0.15) is 5.89 Å². The molecule has 0 bridgehead atoms. The van der Waals surface area contributed by atoms with Crippen molar-refractivity contribution in [3.63, 3.8) is 0 Å². The van der Waals surface area contributed by atoms with E-state index < -0.39 is 12.1 Å². The van der Waals surface area contributed by atoms with Gasteiger partial charge in [-0.2, -0.15) is 13.2 Å². The second-order valence-electron chi connectivity index (χ2n) is 4.41. The number of aromatic nitrogens is 1. The molecule has 0 unspecified atom stereocenters. The Hall–Kier alpha value is -1.76. The summed E-state index contributed by atoms with van der Waals surface area (Å²) < 4.78 is 42.2. The first-order valence-corrected chi connectivity index (χ1v) is 5.97. The molecule has 1 aliphatic heterocycles. The van der Waals surface area contributed by atoms with Crippen LogP contribution in [0.15, 0.2) is 22.6 Å². The smallest absolute Gasteiger partial charge is 0.433 e. The second-order valence-corrected chi connectivity index (χ2v) is 4.41. The van der Waals surface area contributed by atoms with Crippen molar-refractivity contribution >= 4 is 16.8 Å². The molecule has 0 atom stereocenters. The van der Waals surface area contributed by atoms with Gasteiger partial charge < -0.3 is 14.6 Å². The van der Waals surface area contributed by atoms with Gasteiger partial charge in [0, 0.05) is 31.9 Å². The zero-order chi connectivity index (χ0) is 13.5. The highest BCUT2D eigenvalue weighted by molar-refractivity contribution is 5.77. The number of piperazine rings is 1. The molecule has 2 heterocycles. The Morgan fingerprint density at radius 2 is 1.95 bits per heavy atom. The minimum Gasteiger partial charge on any atom is -0.433 e. The number of halogens is 3. The zero-order valence-corrected chi connectivity index (χ0v) is 10.00. The predicted molar refractivity (Wildman–Crippen MR) is 64.1 cm³/mol. The Labute approximate surface area is 107 Å². The molecule has 102 valence electrons. The highest BCUT2D eigenvalue weighted by atomic mass is 19.4. The molecule has 0 saturated carbocycles. The van der Waals surface area contributed by atoms with E-state index in [2.05, 4.69) is 15.2 Å². The molecule has 0 spiro atoms. The number of oxazole rings is 1. The van der Waals surface area contributed by atoms with Gasteiger partial charge in [-0.1, -0.05) is 0 Å². The summed E-state index contributed by atoms with van der Waals surface area (Å²) >= 11 is 0. The molecule has 0 amide bonds. The molecule has 2 aromatic rings. The van der Waals surface area contributed by atoms with Crippen molar-refractivity contribution in [3.8, 4) is 0 Å². The highest BCUT2D eigenvalue weighted by Gasteiger charge is 2.37. The van der Waals surface area contributed by atoms with Gasteiger partial charge in [-0.25, -0.2) is 4.98 Å². The van der Waals surface area contributed by atoms with Crippen molar-refractivity contribution in [1.29, 1.82) is 0 Å². The maximum atomic E-state index is 12.5. The molecule has 1 aromatic carbocycles. The quantitative estimate of drug-likeness (QED) is 0.863. The number of benzene rings is 1. The monoisotopic (exact) mass is 271 g/mol. The first kappa shape index (κ1) is 12.3. The fraction of sp³-hybridized carbons (Fsp3) is 0.417. The number of alkyl halides is 3. The lowest BCUT2D eigenvalue weighted by atomic mass is 10.2. The summed E-state index contributed by atoms with van der Waals surface area (Å²) in [5, 5.41) is 3.22. The minimum atomic E-state index is -4.55. The Balaban J connectivity index is 1.96. The van der Waals surface area contributed by atoms with Crippen LogP contribution in [0.5, 0.6) is 0 Å². The van der Waals surface area contributed by atoms with Gasteiger partial charge in [0.15, 0.2) is 5.58 Å². The number of nitrogens with zero attached hydrogens (tertiary/aromatic N) is 2. The van der Waals surface area contributed by atoms with Crippen molar-refractivity contribution in [1.82, 2.24) is 10.3 Å². The molecule has 3 rings (SSSR count). The van der Waals surface area contributed by atoms with Crippen molar-refractivity contribution in [2.45, 2.75) is 6.18 Å². The Morgan fingerprint density at radius 3 is 2.63 bits per heavy atom. The fourth-order valence-corrected chi connectivity index (χ4v) is 2.16. The van der Waals surface area contributed by atoms with Crippen molar-refractivity contribution in [3.05, 3.63) is 24.1 Å². The molecule has 1 fully saturated rings. The third-order valence-corrected chi connectivity index (χ3v) is 3.10. The van der Waals surface area contributed by atoms with E-state index in [0.29, 0.717) is 0 Å². The van der Waals surface area contributed by atoms with Crippen LogP contribution in [-0.4, -0.2) is 31.2 Å². The van der Waals surface area contributed by atoms with E-state index in [0.717, 1.165) is 31.9 Å². The summed E-state index contributed by atoms with van der Waals surface area (Å²) in [4.78, 5) is 5.61. The molecule has 19 heavy (non-hydrogen) atoms. The van der Waals surface area contributed by atoms with E-state index in [1.807, 2.05) is 0 Å². The molecule has 7 heteroatoms. The zero-order valence-electron chi connectivity index (χ0n) is 10.00. The standard InChI is InChI=1S/C12H12F3N3O/c13-12(14,15)11-17-9-7-8(1-2-10(9)19-11)18-5-3-16-4-6-18/h1-2,7,16H,3-6H2. The van der Waals surface area contributed by atoms with Gasteiger partial charge in [-0.15, -0.1) is 0 Å². The first-order valence-electron chi connectivity index (χ1n) is 5.97. The Morgan fingerprint density at radius 1 is 1.21 bits per heavy atom. The van der Waals surface area contributed by atoms with E-state index in [1.165, 1.54) is 6.07 Å². The van der Waals surface area contributed by atoms with Crippen LogP contribution >= 0.6 is 0 Å². The van der Waals surface area contributed by atoms with Crippen molar-refractivity contribution in [2.75, 3.05) is 31.1 Å². The van der Waals surface area contributed by atoms with Gasteiger partial charge in [0.05, 0.1) is 0 Å². The largest absolute Gasteiger partial charge is 0.468 e. The number of fused-ring (bicyclic) bond motifs is 1. The average Bonchev–Trinajstić information content (AvgIpc) is 2.82. The number of hydrogen-bond donors (Lipinski definition) is 1. The van der Waals surface area contributed by atoms with E-state index in [9.17, 15) is 13.2 Å². The summed E-state index contributed by atoms with van der Waals surface area (Å²) in [6.45, 7) is 3.39. The molecule has 4 nitrogen and oxygen atoms in total. The van der Waals surface area contributed by atoms with Crippen LogP contribution in [-0.2, 0) is 6.18 Å². The lowest BCUT2D eigenvalue weighted by Crippen LogP contribution is -2.43. The van der Waals surface area contributed by atoms with Gasteiger partial charge in [-0.05, 0) is 18.2 Å². The SMILES string of the molecule is FC(F)(F)c1nc2cc(N3CCNCC3)ccc2o1. The first-order chi connectivity index (χ1) is 9.04. The third-order valence-electron chi connectivity index (χ3n) is 3.10. The maximum absolute atomic E-state index is 12.5. The van der Waals surface area contributed by atoms with Crippen LogP contribution in [0.25, 0.3) is 11.1 Å². The molecule has 1 aromatic heterocycles. The van der Waals surface area contributed by atoms with Gasteiger partial charge in [0.25, 0.3) is 0 Å². The summed E-state index contributed by atoms with van der Waals surface area (Å²) in [6, 6.07) is 4.94. The lowest BCUT2D eigenvalue weighted by molar-refractivity contribution is -0.156. The summed E-state index contributed by atoms with van der Waals surface area (Å²) in [5.74, 6) is -1.19. The molecule has 1 aliphatic rings. The number of nitrogens with one attached hydrogen (secondary N) is 1. The van der Waals surface area contributed by atoms with Crippen LogP contribution in [0.3, 0.4) is 0 Å². The number of hydrogen-bond acceptors (Lipinski definition) is 4. The van der Waals surface area contributed by atoms with Crippen molar-refractivity contribution < 1.29 is 17.6 Å². The van der Waals surface area contributed by atoms with Gasteiger partial charge in [0.1, 0.15) is 5.52 Å². The predicted octanol–water partition coefficient (Wildman–Crippen LogP) is 2.26. The number of anilines is 1. The van der Waals surface area contributed by atoms with Crippen LogP contribution in [0.4, 0.5) is 18.9 Å². The minimum absolute atomic E-state index is 0.159. The normalized spacial score (nSPS) is 17.1. The van der Waals surface area contributed by atoms with Gasteiger partial charge in [0.2, 0.25) is 0 Å². The Bertz CT molecular complexity index is 587. The Kier molecular flexibility index (Phi) is 2.85. The van der Waals surface area contributed by atoms with Crippen molar-refractivity contribution in [2.24, 2.45) is 0 Å². The van der Waals surface area contributed by atoms with Crippen LogP contribution < -0.4 is 10.2 Å². The summed E-state index contributed by atoms with van der Waals surface area (Å²) in [5.41, 5.74) is 1.27. The maximum Gasteiger partial charge on any atom is 0.468 e. The fourth-order valence-electron chi connectivity index (χ4n) is 2.16. The molecular formula is C12H12F3N3O. The van der Waals surface area contributed by atoms with E-state index in [1.54, 1.807) is 12.1 Å². The van der Waals surface area contributed by atoms with E-state index >= 15 is 0 Å². The third kappa shape index (κ3) is 2.37. The average molecular weight is 271 g/mol. The summed E-state index contributed by atoms with van der Waals surface area (Å²) in [7, 11) is 0. The second kappa shape index (κ2) is 4.41. The van der Waals surface area contributed by atoms with E-state index in [-0.39, 0.29) is 11.1 Å².